The van der Waals surface area contributed by atoms with Crippen molar-refractivity contribution in [2.75, 3.05) is 13.1 Å². The van der Waals surface area contributed by atoms with Gasteiger partial charge < -0.3 is 10.6 Å². The van der Waals surface area contributed by atoms with E-state index in [1.165, 1.54) is 11.5 Å². The zero-order valence-corrected chi connectivity index (χ0v) is 10.5. The molecule has 1 aromatic rings. The van der Waals surface area contributed by atoms with Crippen molar-refractivity contribution in [2.24, 2.45) is 5.92 Å². The molecule has 0 saturated heterocycles. The molecule has 15 heavy (non-hydrogen) atoms. The van der Waals surface area contributed by atoms with Crippen LogP contribution in [0, 0.1) is 5.92 Å². The quantitative estimate of drug-likeness (QED) is 0.738. The van der Waals surface area contributed by atoms with Crippen molar-refractivity contribution in [3.8, 4) is 0 Å². The molecule has 1 heterocycles. The predicted molar refractivity (Wildman–Crippen MR) is 63.9 cm³/mol. The first-order valence-electron chi connectivity index (χ1n) is 5.38. The summed E-state index contributed by atoms with van der Waals surface area (Å²) in [6, 6.07) is 0.463. The first kappa shape index (κ1) is 12.5. The Kier molecular flexibility index (Phi) is 5.75. The van der Waals surface area contributed by atoms with Crippen LogP contribution in [-0.4, -0.2) is 28.7 Å². The summed E-state index contributed by atoms with van der Waals surface area (Å²) in [5, 5.41) is 12.8. The van der Waals surface area contributed by atoms with E-state index < -0.39 is 0 Å². The van der Waals surface area contributed by atoms with E-state index in [1.807, 2.05) is 5.38 Å². The second-order valence-corrected chi connectivity index (χ2v) is 4.84. The monoisotopic (exact) mass is 228 g/mol. The van der Waals surface area contributed by atoms with Gasteiger partial charge in [0.05, 0.1) is 5.69 Å². The molecule has 0 aromatic carbocycles. The van der Waals surface area contributed by atoms with Crippen molar-refractivity contribution < 1.29 is 0 Å². The van der Waals surface area contributed by atoms with E-state index in [0.29, 0.717) is 12.0 Å². The topological polar surface area (TPSA) is 49.8 Å². The molecule has 0 aliphatic rings. The zero-order valence-electron chi connectivity index (χ0n) is 9.66. The summed E-state index contributed by atoms with van der Waals surface area (Å²) < 4.78 is 3.82. The fourth-order valence-corrected chi connectivity index (χ4v) is 1.65. The van der Waals surface area contributed by atoms with Gasteiger partial charge >= 0.3 is 0 Å². The molecular weight excluding hydrogens is 208 g/mol. The third-order valence-electron chi connectivity index (χ3n) is 2.04. The minimum atomic E-state index is 0.463. The van der Waals surface area contributed by atoms with Gasteiger partial charge in [0.2, 0.25) is 0 Å². The van der Waals surface area contributed by atoms with Crippen LogP contribution >= 0.6 is 11.5 Å². The minimum Gasteiger partial charge on any atom is -0.315 e. The number of hydrogen-bond donors (Lipinski definition) is 2. The highest BCUT2D eigenvalue weighted by Crippen LogP contribution is 1.96. The molecule has 0 aliphatic carbocycles. The van der Waals surface area contributed by atoms with E-state index in [4.69, 9.17) is 0 Å². The van der Waals surface area contributed by atoms with Gasteiger partial charge in [-0.05, 0) is 30.9 Å². The lowest BCUT2D eigenvalue weighted by Crippen LogP contribution is -2.37. The minimum absolute atomic E-state index is 0.463. The summed E-state index contributed by atoms with van der Waals surface area (Å²) in [7, 11) is 0. The lowest BCUT2D eigenvalue weighted by atomic mass is 10.2. The van der Waals surface area contributed by atoms with Crippen molar-refractivity contribution in [3.63, 3.8) is 0 Å². The molecule has 0 spiro atoms. The lowest BCUT2D eigenvalue weighted by molar-refractivity contribution is 0.470. The average molecular weight is 228 g/mol. The maximum atomic E-state index is 3.98. The number of nitrogens with one attached hydrogen (secondary N) is 2. The van der Waals surface area contributed by atoms with Crippen LogP contribution in [0.25, 0.3) is 0 Å². The maximum absolute atomic E-state index is 3.98. The molecule has 4 nitrogen and oxygen atoms in total. The van der Waals surface area contributed by atoms with Gasteiger partial charge in [-0.15, -0.1) is 5.10 Å². The van der Waals surface area contributed by atoms with Crippen molar-refractivity contribution in [2.45, 2.75) is 33.4 Å². The number of nitrogens with zero attached hydrogens (tertiary/aromatic N) is 2. The largest absolute Gasteiger partial charge is 0.315 e. The molecule has 0 radical (unpaired) electrons. The third kappa shape index (κ3) is 5.81. The van der Waals surface area contributed by atoms with Crippen LogP contribution in [-0.2, 0) is 6.54 Å². The predicted octanol–water partition coefficient (Wildman–Crippen LogP) is 1.26. The first-order valence-corrected chi connectivity index (χ1v) is 6.22. The summed E-state index contributed by atoms with van der Waals surface area (Å²) in [6.07, 6.45) is 0. The molecule has 5 heteroatoms. The van der Waals surface area contributed by atoms with E-state index in [0.717, 1.165) is 25.3 Å². The first-order chi connectivity index (χ1) is 7.18. The highest BCUT2D eigenvalue weighted by atomic mass is 32.1. The Morgan fingerprint density at radius 3 is 2.73 bits per heavy atom. The van der Waals surface area contributed by atoms with Gasteiger partial charge in [0, 0.05) is 24.5 Å². The van der Waals surface area contributed by atoms with Crippen LogP contribution in [0.3, 0.4) is 0 Å². The number of aromatic nitrogens is 2. The van der Waals surface area contributed by atoms with Crippen LogP contribution in [0.2, 0.25) is 0 Å². The molecule has 1 atom stereocenters. The van der Waals surface area contributed by atoms with Crippen molar-refractivity contribution in [1.29, 1.82) is 0 Å². The Morgan fingerprint density at radius 2 is 2.13 bits per heavy atom. The molecule has 0 bridgehead atoms. The van der Waals surface area contributed by atoms with Crippen LogP contribution in [0.4, 0.5) is 0 Å². The average Bonchev–Trinajstić information content (AvgIpc) is 2.66. The van der Waals surface area contributed by atoms with E-state index in [-0.39, 0.29) is 0 Å². The van der Waals surface area contributed by atoms with Crippen LogP contribution < -0.4 is 10.6 Å². The summed E-state index contributed by atoms with van der Waals surface area (Å²) >= 11 is 1.40. The van der Waals surface area contributed by atoms with Gasteiger partial charge in [0.1, 0.15) is 0 Å². The van der Waals surface area contributed by atoms with Gasteiger partial charge in [-0.1, -0.05) is 18.3 Å². The Balaban J connectivity index is 2.06. The van der Waals surface area contributed by atoms with Crippen LogP contribution in [0.15, 0.2) is 5.38 Å². The molecule has 0 amide bonds. The Labute approximate surface area is 95.6 Å². The normalized spacial score (nSPS) is 13.3. The second-order valence-electron chi connectivity index (χ2n) is 4.23. The highest BCUT2D eigenvalue weighted by Gasteiger charge is 2.02. The van der Waals surface area contributed by atoms with E-state index >= 15 is 0 Å². The van der Waals surface area contributed by atoms with Crippen molar-refractivity contribution in [1.82, 2.24) is 20.2 Å². The Morgan fingerprint density at radius 1 is 1.33 bits per heavy atom. The van der Waals surface area contributed by atoms with E-state index in [9.17, 15) is 0 Å². The molecule has 0 saturated carbocycles. The second kappa shape index (κ2) is 6.87. The number of rotatable bonds is 7. The van der Waals surface area contributed by atoms with E-state index in [2.05, 4.69) is 41.0 Å². The van der Waals surface area contributed by atoms with Gasteiger partial charge in [-0.2, -0.15) is 0 Å². The molecule has 1 rings (SSSR count). The van der Waals surface area contributed by atoms with Crippen molar-refractivity contribution in [3.05, 3.63) is 11.1 Å². The molecular formula is C10H20N4S. The van der Waals surface area contributed by atoms with Gasteiger partial charge in [-0.3, -0.25) is 0 Å². The fourth-order valence-electron chi connectivity index (χ4n) is 1.20. The Hall–Kier alpha value is -0.520. The smallest absolute Gasteiger partial charge is 0.0893 e. The summed E-state index contributed by atoms with van der Waals surface area (Å²) in [5.41, 5.74) is 1.02. The van der Waals surface area contributed by atoms with Gasteiger partial charge in [0.15, 0.2) is 0 Å². The Bertz CT molecular complexity index is 248. The van der Waals surface area contributed by atoms with Gasteiger partial charge in [-0.25, -0.2) is 0 Å². The third-order valence-corrected chi connectivity index (χ3v) is 2.59. The maximum Gasteiger partial charge on any atom is 0.0893 e. The molecule has 86 valence electrons. The van der Waals surface area contributed by atoms with Crippen LogP contribution in [0.1, 0.15) is 26.5 Å². The summed E-state index contributed by atoms with van der Waals surface area (Å²) in [4.78, 5) is 0. The fraction of sp³-hybridized carbons (Fsp3) is 0.800. The molecule has 0 aliphatic heterocycles. The molecule has 2 N–H and O–H groups in total. The van der Waals surface area contributed by atoms with Crippen molar-refractivity contribution >= 4 is 11.5 Å². The van der Waals surface area contributed by atoms with Gasteiger partial charge in [0.25, 0.3) is 0 Å². The number of hydrogen-bond acceptors (Lipinski definition) is 5. The van der Waals surface area contributed by atoms with Crippen LogP contribution in [0.5, 0.6) is 0 Å². The summed E-state index contributed by atoms with van der Waals surface area (Å²) in [6.45, 7) is 9.48. The van der Waals surface area contributed by atoms with E-state index in [1.54, 1.807) is 0 Å². The standard InChI is InChI=1S/C10H20N4S/c1-8(2)4-11-5-9(3)12-6-10-7-15-14-13-10/h7-9,11-12H,4-6H2,1-3H3. The molecule has 1 aromatic heterocycles. The highest BCUT2D eigenvalue weighted by molar-refractivity contribution is 7.03. The SMILES string of the molecule is CC(C)CNCC(C)NCc1csnn1. The molecule has 1 unspecified atom stereocenters. The molecule has 0 fully saturated rings. The zero-order chi connectivity index (χ0) is 11.1. The lowest BCUT2D eigenvalue weighted by Gasteiger charge is -2.14. The summed E-state index contributed by atoms with van der Waals surface area (Å²) in [5.74, 6) is 0.708.